The summed E-state index contributed by atoms with van der Waals surface area (Å²) >= 11 is 7.03. The van der Waals surface area contributed by atoms with Gasteiger partial charge in [-0.25, -0.2) is 9.59 Å². The maximum atomic E-state index is 12.9. The van der Waals surface area contributed by atoms with Crippen LogP contribution in [0.2, 0.25) is 0 Å². The zero-order chi connectivity index (χ0) is 35.2. The lowest BCUT2D eigenvalue weighted by atomic mass is 9.83. The average Bonchev–Trinajstić information content (AvgIpc) is 3.55. The number of aliphatic hydroxyl groups is 2. The molecule has 0 amide bonds. The topological polar surface area (TPSA) is 131 Å². The van der Waals surface area contributed by atoms with E-state index in [2.05, 4.69) is 46.8 Å². The Kier molecular flexibility index (Phi) is 11.2. The molecule has 0 saturated heterocycles. The molecule has 0 aliphatic heterocycles. The molecule has 4 aromatic heterocycles. The van der Waals surface area contributed by atoms with Crippen LogP contribution in [0.4, 0.5) is 0 Å². The predicted octanol–water partition coefficient (Wildman–Crippen LogP) is 8.69. The normalized spacial score (nSPS) is 23.6. The van der Waals surface area contributed by atoms with Crippen LogP contribution in [0, 0.1) is 0 Å². The molecular formula is C38H48Br2N6O4. The number of aryl methyl sites for hydroxylation is 1. The van der Waals surface area contributed by atoms with Gasteiger partial charge in [-0.2, -0.15) is 0 Å². The molecule has 8 rings (SSSR count). The lowest BCUT2D eigenvalue weighted by Gasteiger charge is -2.33. The van der Waals surface area contributed by atoms with Crippen LogP contribution in [0.25, 0.3) is 43.9 Å². The van der Waals surface area contributed by atoms with E-state index in [9.17, 15) is 19.8 Å². The van der Waals surface area contributed by atoms with Gasteiger partial charge in [0.15, 0.2) is 0 Å². The van der Waals surface area contributed by atoms with Gasteiger partial charge in [0.05, 0.1) is 56.7 Å². The van der Waals surface area contributed by atoms with E-state index < -0.39 is 11.2 Å². The van der Waals surface area contributed by atoms with Crippen LogP contribution in [0.1, 0.15) is 98.6 Å². The van der Waals surface area contributed by atoms with Crippen LogP contribution >= 0.6 is 31.9 Å². The van der Waals surface area contributed by atoms with Crippen molar-refractivity contribution in [2.75, 3.05) is 0 Å². The smallest absolute Gasteiger partial charge is 0.329 e. The first-order valence-electron chi connectivity index (χ1n) is 17.1. The Morgan fingerprint density at radius 3 is 1.74 bits per heavy atom. The van der Waals surface area contributed by atoms with Crippen molar-refractivity contribution in [3.63, 3.8) is 0 Å². The molecule has 0 unspecified atom stereocenters. The highest BCUT2D eigenvalue weighted by molar-refractivity contribution is 9.10. The van der Waals surface area contributed by atoms with Gasteiger partial charge >= 0.3 is 11.4 Å². The summed E-state index contributed by atoms with van der Waals surface area (Å²) in [5.41, 5.74) is 3.89. The van der Waals surface area contributed by atoms with Crippen LogP contribution in [-0.2, 0) is 7.05 Å². The van der Waals surface area contributed by atoms with E-state index in [1.165, 1.54) is 0 Å². The molecule has 2 aromatic carbocycles. The van der Waals surface area contributed by atoms with Crippen LogP contribution < -0.4 is 11.4 Å². The van der Waals surface area contributed by atoms with E-state index in [4.69, 9.17) is 0 Å². The molecule has 0 bridgehead atoms. The van der Waals surface area contributed by atoms with Crippen LogP contribution in [0.5, 0.6) is 0 Å². The first kappa shape index (κ1) is 37.9. The van der Waals surface area contributed by atoms with Gasteiger partial charge in [-0.1, -0.05) is 53.1 Å². The average molecular weight is 813 g/mol. The fourth-order valence-electron chi connectivity index (χ4n) is 7.43. The highest BCUT2D eigenvalue weighted by Crippen LogP contribution is 2.38. The number of aromatic amines is 1. The second-order valence-electron chi connectivity index (χ2n) is 13.8. The number of aromatic nitrogens is 6. The van der Waals surface area contributed by atoms with Crippen molar-refractivity contribution in [1.29, 1.82) is 0 Å². The number of fused-ring (bicyclic) bond motifs is 6. The molecule has 6 aromatic rings. The highest BCUT2D eigenvalue weighted by atomic mass is 79.9. The van der Waals surface area contributed by atoms with E-state index >= 15 is 0 Å². The van der Waals surface area contributed by atoms with Crippen molar-refractivity contribution < 1.29 is 10.2 Å². The summed E-state index contributed by atoms with van der Waals surface area (Å²) < 4.78 is 7.39. The zero-order valence-corrected chi connectivity index (χ0v) is 31.8. The molecule has 2 aliphatic rings. The summed E-state index contributed by atoms with van der Waals surface area (Å²) in [4.78, 5) is 37.3. The monoisotopic (exact) mass is 810 g/mol. The molecule has 2 saturated carbocycles. The Balaban J connectivity index is 0.000000182. The summed E-state index contributed by atoms with van der Waals surface area (Å²) in [6.45, 7) is 7.75. The summed E-state index contributed by atoms with van der Waals surface area (Å²) in [6.07, 6.45) is 9.58. The van der Waals surface area contributed by atoms with Crippen molar-refractivity contribution in [2.45, 2.75) is 110 Å². The third kappa shape index (κ3) is 7.22. The van der Waals surface area contributed by atoms with E-state index in [-0.39, 0.29) is 30.9 Å². The molecular weight excluding hydrogens is 764 g/mol. The van der Waals surface area contributed by atoms with Gasteiger partial charge in [-0.15, -0.1) is 0 Å². The van der Waals surface area contributed by atoms with Crippen molar-refractivity contribution in [3.8, 4) is 0 Å². The number of nitrogens with one attached hydrogen (secondary N) is 1. The summed E-state index contributed by atoms with van der Waals surface area (Å²) in [7, 11) is 1.80. The van der Waals surface area contributed by atoms with Gasteiger partial charge in [-0.3, -0.25) is 23.7 Å². The molecule has 4 heterocycles. The minimum Gasteiger partial charge on any atom is -0.390 e. The van der Waals surface area contributed by atoms with Crippen LogP contribution in [0.15, 0.2) is 67.3 Å². The molecule has 268 valence electrons. The maximum Gasteiger partial charge on any atom is 0.329 e. The Bertz CT molecular complexity index is 2260. The van der Waals surface area contributed by atoms with E-state index in [1.54, 1.807) is 24.0 Å². The highest BCUT2D eigenvalue weighted by Gasteiger charge is 2.33. The van der Waals surface area contributed by atoms with Crippen molar-refractivity contribution in [3.05, 3.63) is 78.7 Å². The largest absolute Gasteiger partial charge is 0.390 e. The third-order valence-electron chi connectivity index (χ3n) is 10.2. The number of benzene rings is 2. The SMILES string of the molecule is C.CC.CC1(O)CCC(n2c(=O)[nH]c3cnc4ccc(Br)cc4c32)CC1.Cn1c(=O)n(C2CCC(C)(O)CC2)c2c3cc(Br)ccc3ncc21. The molecule has 10 nitrogen and oxygen atoms in total. The van der Waals surface area contributed by atoms with Crippen molar-refractivity contribution >= 4 is 75.7 Å². The molecule has 3 N–H and O–H groups in total. The molecule has 0 atom stereocenters. The Labute approximate surface area is 308 Å². The van der Waals surface area contributed by atoms with Gasteiger partial charge in [0, 0.05) is 38.8 Å². The molecule has 2 fully saturated rings. The Morgan fingerprint density at radius 2 is 1.22 bits per heavy atom. The van der Waals surface area contributed by atoms with Gasteiger partial charge in [-0.05, 0) is 102 Å². The first-order chi connectivity index (χ1) is 23.3. The second kappa shape index (κ2) is 14.7. The predicted molar refractivity (Wildman–Crippen MR) is 210 cm³/mol. The minimum atomic E-state index is -0.614. The third-order valence-corrected chi connectivity index (χ3v) is 11.2. The second-order valence-corrected chi connectivity index (χ2v) is 15.6. The number of hydrogen-bond acceptors (Lipinski definition) is 6. The summed E-state index contributed by atoms with van der Waals surface area (Å²) in [5, 5.41) is 22.3. The van der Waals surface area contributed by atoms with E-state index in [0.29, 0.717) is 25.7 Å². The quantitative estimate of drug-likeness (QED) is 0.161. The molecule has 12 heteroatoms. The number of hydrogen-bond donors (Lipinski definition) is 3. The molecule has 50 heavy (non-hydrogen) atoms. The number of pyridine rings is 2. The van der Waals surface area contributed by atoms with Gasteiger partial charge < -0.3 is 15.2 Å². The maximum absolute atomic E-state index is 12.9. The lowest BCUT2D eigenvalue weighted by molar-refractivity contribution is 0.00962. The number of imidazole rings is 2. The fraction of sp³-hybridized carbons (Fsp3) is 0.474. The van der Waals surface area contributed by atoms with E-state index in [0.717, 1.165) is 78.5 Å². The number of H-pyrrole nitrogens is 1. The number of nitrogens with zero attached hydrogens (tertiary/aromatic N) is 5. The standard InChI is InChI=1S/C18H20BrN3O2.C17H18BrN3O2.C2H6.CH4/c1-18(24)7-5-12(6-8-18)22-16-13-9-11(19)3-4-14(13)20-10-15(16)21(2)17(22)23;1-17(23)6-4-11(5-7-17)21-15-12-8-10(18)2-3-13(12)19-9-14(15)20-16(21)22;1-2;/h3-4,9-10,12,24H,5-8H2,1-2H3;2-3,8-9,11,23H,4-7H2,1H3,(H,20,22);1-2H3;1H4. The molecule has 0 radical (unpaired) electrons. The van der Waals surface area contributed by atoms with Crippen LogP contribution in [-0.4, -0.2) is 50.1 Å². The Morgan fingerprint density at radius 1 is 0.760 bits per heavy atom. The van der Waals surface area contributed by atoms with Gasteiger partial charge in [0.2, 0.25) is 0 Å². The summed E-state index contributed by atoms with van der Waals surface area (Å²) in [5.74, 6) is 0. The Hall–Kier alpha value is -3.32. The van der Waals surface area contributed by atoms with Gasteiger partial charge in [0.25, 0.3) is 0 Å². The zero-order valence-electron chi connectivity index (χ0n) is 28.6. The minimum absolute atomic E-state index is 0. The summed E-state index contributed by atoms with van der Waals surface area (Å²) in [6, 6.07) is 12.1. The van der Waals surface area contributed by atoms with E-state index in [1.807, 2.05) is 73.2 Å². The van der Waals surface area contributed by atoms with Crippen molar-refractivity contribution in [2.24, 2.45) is 7.05 Å². The fourth-order valence-corrected chi connectivity index (χ4v) is 8.15. The van der Waals surface area contributed by atoms with Crippen molar-refractivity contribution in [1.82, 2.24) is 28.7 Å². The molecule has 0 spiro atoms. The first-order valence-corrected chi connectivity index (χ1v) is 18.7. The van der Waals surface area contributed by atoms with Crippen LogP contribution in [0.3, 0.4) is 0 Å². The number of rotatable bonds is 2. The molecule has 2 aliphatic carbocycles. The van der Waals surface area contributed by atoms with Gasteiger partial charge in [0.1, 0.15) is 0 Å². The lowest BCUT2D eigenvalue weighted by Crippen LogP contribution is -2.34. The number of halogens is 2.